The van der Waals surface area contributed by atoms with Gasteiger partial charge in [-0.05, 0) is 44.4 Å². The maximum absolute atomic E-state index is 12.7. The van der Waals surface area contributed by atoms with E-state index in [1.54, 1.807) is 24.0 Å². The van der Waals surface area contributed by atoms with Crippen molar-refractivity contribution in [1.29, 1.82) is 0 Å². The van der Waals surface area contributed by atoms with Crippen LogP contribution >= 0.6 is 11.8 Å². The molecule has 0 saturated heterocycles. The molecule has 2 aromatic rings. The van der Waals surface area contributed by atoms with E-state index in [1.165, 1.54) is 10.7 Å². The maximum atomic E-state index is 12.7. The summed E-state index contributed by atoms with van der Waals surface area (Å²) in [5, 5.41) is 4.37. The minimum Gasteiger partial charge on any atom is -0.241 e. The first-order chi connectivity index (χ1) is 9.24. The molecule has 20 heavy (non-hydrogen) atoms. The molecule has 2 rings (SSSR count). The first-order valence-corrected chi connectivity index (χ1v) is 7.25. The van der Waals surface area contributed by atoms with E-state index < -0.39 is 11.7 Å². The first-order valence-electron chi connectivity index (χ1n) is 6.03. The summed E-state index contributed by atoms with van der Waals surface area (Å²) in [5.74, 6) is 0. The largest absolute Gasteiger partial charge is 0.416 e. The third-order valence-electron chi connectivity index (χ3n) is 3.15. The number of hydrogen-bond acceptors (Lipinski definition) is 2. The van der Waals surface area contributed by atoms with Crippen molar-refractivity contribution >= 4 is 11.8 Å². The molecule has 0 unspecified atom stereocenters. The number of thioether (sulfide) groups is 1. The second-order valence-corrected chi connectivity index (χ2v) is 6.34. The van der Waals surface area contributed by atoms with Crippen molar-refractivity contribution in [3.8, 4) is 5.69 Å². The number of aromatic nitrogens is 2. The quantitative estimate of drug-likeness (QED) is 0.831. The molecule has 1 aromatic heterocycles. The fourth-order valence-electron chi connectivity index (χ4n) is 1.72. The van der Waals surface area contributed by atoms with Gasteiger partial charge >= 0.3 is 6.18 Å². The van der Waals surface area contributed by atoms with Crippen molar-refractivity contribution in [1.82, 2.24) is 9.78 Å². The van der Waals surface area contributed by atoms with Crippen LogP contribution in [0.15, 0.2) is 36.5 Å². The summed E-state index contributed by atoms with van der Waals surface area (Å²) in [7, 11) is 0. The Hall–Kier alpha value is -1.43. The molecule has 6 heteroatoms. The third kappa shape index (κ3) is 3.00. The number of hydrogen-bond donors (Lipinski definition) is 0. The summed E-state index contributed by atoms with van der Waals surface area (Å²) >= 11 is 1.64. The van der Waals surface area contributed by atoms with Gasteiger partial charge in [0.05, 0.1) is 21.7 Å². The summed E-state index contributed by atoms with van der Waals surface area (Å²) in [5.41, 5.74) is 0.571. The average Bonchev–Trinajstić information content (AvgIpc) is 2.88. The van der Waals surface area contributed by atoms with Gasteiger partial charge in [0.1, 0.15) is 0 Å². The normalized spacial score (nSPS) is 12.7. The zero-order chi connectivity index (χ0) is 15.0. The van der Waals surface area contributed by atoms with Crippen LogP contribution in [0.25, 0.3) is 5.69 Å². The highest BCUT2D eigenvalue weighted by atomic mass is 32.2. The maximum Gasteiger partial charge on any atom is 0.416 e. The molecule has 0 amide bonds. The van der Waals surface area contributed by atoms with Gasteiger partial charge in [0.25, 0.3) is 0 Å². The van der Waals surface area contributed by atoms with Gasteiger partial charge in [0.15, 0.2) is 0 Å². The zero-order valence-corrected chi connectivity index (χ0v) is 12.2. The Labute approximate surface area is 120 Å². The van der Waals surface area contributed by atoms with Crippen LogP contribution in [0.3, 0.4) is 0 Å². The summed E-state index contributed by atoms with van der Waals surface area (Å²) < 4.78 is 39.4. The molecule has 0 aliphatic heterocycles. The lowest BCUT2D eigenvalue weighted by Crippen LogP contribution is -2.13. The molecule has 2 nitrogen and oxygen atoms in total. The molecular formula is C14H15F3N2S. The van der Waals surface area contributed by atoms with Crippen LogP contribution in [-0.4, -0.2) is 16.0 Å². The Balaban J connectivity index is 2.38. The Bertz CT molecular complexity index is 602. The second kappa shape index (κ2) is 5.16. The molecular weight excluding hydrogens is 285 g/mol. The molecule has 0 radical (unpaired) electrons. The van der Waals surface area contributed by atoms with E-state index in [2.05, 4.69) is 5.10 Å². The summed E-state index contributed by atoms with van der Waals surface area (Å²) in [6.45, 7) is 4.05. The molecule has 0 bridgehead atoms. The van der Waals surface area contributed by atoms with Gasteiger partial charge in [0.2, 0.25) is 0 Å². The number of benzene rings is 1. The number of rotatable bonds is 3. The minimum absolute atomic E-state index is 0.174. The Morgan fingerprint density at radius 2 is 1.85 bits per heavy atom. The molecule has 0 spiro atoms. The Kier molecular flexibility index (Phi) is 3.86. The standard InChI is InChI=1S/C14H15F3N2S/c1-13(2,20-3)12-7-8-19(18-12)11-6-4-5-10(9-11)14(15,16)17/h4-9H,1-3H3. The van der Waals surface area contributed by atoms with E-state index >= 15 is 0 Å². The van der Waals surface area contributed by atoms with Gasteiger partial charge in [0, 0.05) is 6.20 Å². The Morgan fingerprint density at radius 1 is 1.15 bits per heavy atom. The molecule has 1 heterocycles. The van der Waals surface area contributed by atoms with Crippen molar-refractivity contribution in [2.24, 2.45) is 0 Å². The topological polar surface area (TPSA) is 17.8 Å². The van der Waals surface area contributed by atoms with Crippen molar-refractivity contribution in [3.05, 3.63) is 47.8 Å². The lowest BCUT2D eigenvalue weighted by atomic mass is 10.1. The van der Waals surface area contributed by atoms with Gasteiger partial charge in [-0.25, -0.2) is 4.68 Å². The van der Waals surface area contributed by atoms with Crippen LogP contribution < -0.4 is 0 Å². The van der Waals surface area contributed by atoms with Crippen LogP contribution in [0, 0.1) is 0 Å². The van der Waals surface area contributed by atoms with E-state index in [0.717, 1.165) is 17.8 Å². The fraction of sp³-hybridized carbons (Fsp3) is 0.357. The smallest absolute Gasteiger partial charge is 0.241 e. The van der Waals surface area contributed by atoms with E-state index in [0.29, 0.717) is 5.69 Å². The third-order valence-corrected chi connectivity index (χ3v) is 4.38. The molecule has 1 aromatic carbocycles. The molecule has 0 fully saturated rings. The van der Waals surface area contributed by atoms with Gasteiger partial charge in [-0.15, -0.1) is 0 Å². The SMILES string of the molecule is CSC(C)(C)c1ccn(-c2cccc(C(F)(F)F)c2)n1. The van der Waals surface area contributed by atoms with Crippen LogP contribution in [0.4, 0.5) is 13.2 Å². The highest BCUT2D eigenvalue weighted by Crippen LogP contribution is 2.33. The van der Waals surface area contributed by atoms with Crippen molar-refractivity contribution in [2.45, 2.75) is 24.8 Å². The van der Waals surface area contributed by atoms with E-state index in [4.69, 9.17) is 0 Å². The number of nitrogens with zero attached hydrogens (tertiary/aromatic N) is 2. The predicted octanol–water partition coefficient (Wildman–Crippen LogP) is 4.49. The molecule has 108 valence electrons. The molecule has 0 aliphatic carbocycles. The summed E-state index contributed by atoms with van der Waals surface area (Å²) in [6.07, 6.45) is -0.684. The monoisotopic (exact) mass is 300 g/mol. The van der Waals surface area contributed by atoms with Gasteiger partial charge in [-0.1, -0.05) is 6.07 Å². The van der Waals surface area contributed by atoms with E-state index in [-0.39, 0.29) is 4.75 Å². The molecule has 0 saturated carbocycles. The van der Waals surface area contributed by atoms with Crippen molar-refractivity contribution in [3.63, 3.8) is 0 Å². The van der Waals surface area contributed by atoms with Crippen LogP contribution in [0.1, 0.15) is 25.1 Å². The Morgan fingerprint density at radius 3 is 2.45 bits per heavy atom. The van der Waals surface area contributed by atoms with Gasteiger partial charge < -0.3 is 0 Å². The lowest BCUT2D eigenvalue weighted by Gasteiger charge is -2.18. The van der Waals surface area contributed by atoms with E-state index in [9.17, 15) is 13.2 Å². The van der Waals surface area contributed by atoms with Crippen LogP contribution in [0.5, 0.6) is 0 Å². The fourth-order valence-corrected chi connectivity index (χ4v) is 2.04. The predicted molar refractivity (Wildman–Crippen MR) is 75.1 cm³/mol. The second-order valence-electron chi connectivity index (χ2n) is 4.91. The highest BCUT2D eigenvalue weighted by Gasteiger charge is 2.30. The van der Waals surface area contributed by atoms with Gasteiger partial charge in [-0.3, -0.25) is 0 Å². The van der Waals surface area contributed by atoms with Crippen molar-refractivity contribution < 1.29 is 13.2 Å². The van der Waals surface area contributed by atoms with Crippen LogP contribution in [-0.2, 0) is 10.9 Å². The lowest BCUT2D eigenvalue weighted by molar-refractivity contribution is -0.137. The average molecular weight is 300 g/mol. The van der Waals surface area contributed by atoms with Crippen LogP contribution in [0.2, 0.25) is 0 Å². The molecule has 0 atom stereocenters. The summed E-state index contributed by atoms with van der Waals surface area (Å²) in [4.78, 5) is 0. The summed E-state index contributed by atoms with van der Waals surface area (Å²) in [6, 6.07) is 6.98. The molecule has 0 aliphatic rings. The van der Waals surface area contributed by atoms with Crippen molar-refractivity contribution in [2.75, 3.05) is 6.26 Å². The number of alkyl halides is 3. The van der Waals surface area contributed by atoms with Gasteiger partial charge in [-0.2, -0.15) is 30.0 Å². The highest BCUT2D eigenvalue weighted by molar-refractivity contribution is 7.99. The minimum atomic E-state index is -4.34. The molecule has 0 N–H and O–H groups in total. The first kappa shape index (κ1) is 15.0. The van der Waals surface area contributed by atoms with E-state index in [1.807, 2.05) is 26.2 Å². The number of halogens is 3. The zero-order valence-electron chi connectivity index (χ0n) is 11.4.